The largest absolute Gasteiger partial charge is 0.496 e. The van der Waals surface area contributed by atoms with E-state index in [-0.39, 0.29) is 11.9 Å². The number of guanidine groups is 1. The second kappa shape index (κ2) is 6.43. The molecule has 1 amide bonds. The molecule has 3 unspecified atom stereocenters. The second-order valence-corrected chi connectivity index (χ2v) is 7.03. The highest BCUT2D eigenvalue weighted by atomic mass is 16.5. The van der Waals surface area contributed by atoms with Crippen molar-refractivity contribution in [3.63, 3.8) is 0 Å². The van der Waals surface area contributed by atoms with Gasteiger partial charge in [0.15, 0.2) is 5.96 Å². The highest BCUT2D eigenvalue weighted by Gasteiger charge is 2.43. The number of carbonyl (C=O) groups is 1. The van der Waals surface area contributed by atoms with Crippen LogP contribution >= 0.6 is 0 Å². The minimum Gasteiger partial charge on any atom is -0.496 e. The number of benzene rings is 1. The highest BCUT2D eigenvalue weighted by molar-refractivity contribution is 5.97. The Bertz CT molecular complexity index is 716. The summed E-state index contributed by atoms with van der Waals surface area (Å²) in [5.41, 5.74) is 0.652. The molecule has 3 atom stereocenters. The van der Waals surface area contributed by atoms with Gasteiger partial charge in [-0.3, -0.25) is 4.79 Å². The van der Waals surface area contributed by atoms with E-state index in [2.05, 4.69) is 22.1 Å². The predicted molar refractivity (Wildman–Crippen MR) is 96.6 cm³/mol. The van der Waals surface area contributed by atoms with E-state index < -0.39 is 0 Å². The Balaban J connectivity index is 1.42. The van der Waals surface area contributed by atoms with E-state index in [0.29, 0.717) is 23.1 Å². The lowest BCUT2D eigenvalue weighted by Crippen LogP contribution is -2.42. The molecule has 4 rings (SSSR count). The SMILES string of the molecule is COc1ccccc1C(=O)N1CC2CN(C3=NC(C)C=CN3)CC2C1. The van der Waals surface area contributed by atoms with E-state index >= 15 is 0 Å². The maximum absolute atomic E-state index is 12.9. The van der Waals surface area contributed by atoms with Gasteiger partial charge in [-0.05, 0) is 25.1 Å². The third-order valence-corrected chi connectivity index (χ3v) is 5.32. The van der Waals surface area contributed by atoms with Gasteiger partial charge >= 0.3 is 0 Å². The average molecular weight is 340 g/mol. The van der Waals surface area contributed by atoms with E-state index in [4.69, 9.17) is 4.74 Å². The molecule has 0 aliphatic carbocycles. The molecular weight excluding hydrogens is 316 g/mol. The second-order valence-electron chi connectivity index (χ2n) is 7.03. The smallest absolute Gasteiger partial charge is 0.257 e. The van der Waals surface area contributed by atoms with Gasteiger partial charge in [0.25, 0.3) is 5.91 Å². The first kappa shape index (κ1) is 16.0. The summed E-state index contributed by atoms with van der Waals surface area (Å²) in [4.78, 5) is 21.8. The van der Waals surface area contributed by atoms with Crippen LogP contribution in [0.1, 0.15) is 17.3 Å². The van der Waals surface area contributed by atoms with Gasteiger partial charge in [0, 0.05) is 44.2 Å². The van der Waals surface area contributed by atoms with Gasteiger partial charge in [0.05, 0.1) is 18.7 Å². The minimum atomic E-state index is 0.0723. The molecule has 6 nitrogen and oxygen atoms in total. The van der Waals surface area contributed by atoms with Crippen molar-refractivity contribution in [2.75, 3.05) is 33.3 Å². The van der Waals surface area contributed by atoms with Gasteiger partial charge in [0.2, 0.25) is 0 Å². The fraction of sp³-hybridized carbons (Fsp3) is 0.474. The first-order valence-electron chi connectivity index (χ1n) is 8.84. The van der Waals surface area contributed by atoms with Crippen LogP contribution in [0.15, 0.2) is 41.5 Å². The van der Waals surface area contributed by atoms with Crippen molar-refractivity contribution < 1.29 is 9.53 Å². The van der Waals surface area contributed by atoms with Gasteiger partial charge in [0.1, 0.15) is 5.75 Å². The number of hydrogen-bond acceptors (Lipinski definition) is 5. The maximum Gasteiger partial charge on any atom is 0.257 e. The van der Waals surface area contributed by atoms with Gasteiger partial charge in [-0.1, -0.05) is 12.1 Å². The summed E-state index contributed by atoms with van der Waals surface area (Å²) in [6.07, 6.45) is 4.02. The summed E-state index contributed by atoms with van der Waals surface area (Å²) in [5.74, 6) is 2.69. The molecule has 0 radical (unpaired) electrons. The lowest BCUT2D eigenvalue weighted by Gasteiger charge is -2.26. The number of methoxy groups -OCH3 is 1. The monoisotopic (exact) mass is 340 g/mol. The highest BCUT2D eigenvalue weighted by Crippen LogP contribution is 2.33. The van der Waals surface area contributed by atoms with Crippen molar-refractivity contribution >= 4 is 11.9 Å². The number of carbonyl (C=O) groups excluding carboxylic acids is 1. The summed E-state index contributed by atoms with van der Waals surface area (Å²) in [6, 6.07) is 7.68. The molecule has 3 aliphatic heterocycles. The molecule has 6 heteroatoms. The Kier molecular flexibility index (Phi) is 4.11. The van der Waals surface area contributed by atoms with Gasteiger partial charge in [-0.15, -0.1) is 0 Å². The Hall–Kier alpha value is -2.50. The summed E-state index contributed by atoms with van der Waals surface area (Å²) >= 11 is 0. The third kappa shape index (κ3) is 2.97. The van der Waals surface area contributed by atoms with Crippen molar-refractivity contribution in [2.24, 2.45) is 16.8 Å². The maximum atomic E-state index is 12.9. The van der Waals surface area contributed by atoms with Crippen molar-refractivity contribution in [1.29, 1.82) is 0 Å². The summed E-state index contributed by atoms with van der Waals surface area (Å²) in [6.45, 7) is 5.59. The zero-order valence-corrected chi connectivity index (χ0v) is 14.7. The molecule has 2 saturated heterocycles. The van der Waals surface area contributed by atoms with Gasteiger partial charge in [-0.2, -0.15) is 0 Å². The Morgan fingerprint density at radius 3 is 2.60 bits per heavy atom. The van der Waals surface area contributed by atoms with Crippen LogP contribution in [0.4, 0.5) is 0 Å². The number of para-hydroxylation sites is 1. The van der Waals surface area contributed by atoms with Crippen molar-refractivity contribution in [3.05, 3.63) is 42.1 Å². The van der Waals surface area contributed by atoms with E-state index in [0.717, 1.165) is 32.1 Å². The Labute approximate surface area is 148 Å². The number of aliphatic imine (C=N–C) groups is 1. The molecule has 2 fully saturated rings. The average Bonchev–Trinajstić information content (AvgIpc) is 3.20. The lowest BCUT2D eigenvalue weighted by atomic mass is 10.0. The van der Waals surface area contributed by atoms with Crippen LogP contribution in [0.2, 0.25) is 0 Å². The molecule has 3 heterocycles. The standard InChI is InChI=1S/C19H24N4O2/c1-13-7-8-20-19(21-13)23-11-14-9-22(10-15(14)12-23)18(24)16-5-3-4-6-17(16)25-2/h3-8,13-15H,9-12H2,1-2H3,(H,20,21). The molecular formula is C19H24N4O2. The molecule has 1 N–H and O–H groups in total. The van der Waals surface area contributed by atoms with Crippen molar-refractivity contribution in [3.8, 4) is 5.75 Å². The van der Waals surface area contributed by atoms with E-state index in [1.165, 1.54) is 0 Å². The summed E-state index contributed by atoms with van der Waals surface area (Å²) < 4.78 is 5.34. The molecule has 25 heavy (non-hydrogen) atoms. The van der Waals surface area contributed by atoms with Crippen LogP contribution < -0.4 is 10.1 Å². The molecule has 0 spiro atoms. The molecule has 0 saturated carbocycles. The number of likely N-dealkylation sites (tertiary alicyclic amines) is 2. The quantitative estimate of drug-likeness (QED) is 0.888. The van der Waals surface area contributed by atoms with Gasteiger partial charge in [-0.25, -0.2) is 4.99 Å². The first-order valence-corrected chi connectivity index (χ1v) is 8.84. The number of rotatable bonds is 2. The number of amides is 1. The lowest BCUT2D eigenvalue weighted by molar-refractivity contribution is 0.0774. The van der Waals surface area contributed by atoms with E-state index in [1.807, 2.05) is 41.4 Å². The van der Waals surface area contributed by atoms with Crippen molar-refractivity contribution in [2.45, 2.75) is 13.0 Å². The summed E-state index contributed by atoms with van der Waals surface area (Å²) in [7, 11) is 1.61. The number of fused-ring (bicyclic) bond motifs is 1. The molecule has 0 bridgehead atoms. The Morgan fingerprint density at radius 1 is 1.20 bits per heavy atom. The fourth-order valence-electron chi connectivity index (χ4n) is 4.03. The summed E-state index contributed by atoms with van der Waals surface area (Å²) in [5, 5.41) is 3.25. The number of hydrogen-bond donors (Lipinski definition) is 1. The van der Waals surface area contributed by atoms with Crippen molar-refractivity contribution in [1.82, 2.24) is 15.1 Å². The first-order chi connectivity index (χ1) is 12.2. The minimum absolute atomic E-state index is 0.0723. The molecule has 132 valence electrons. The Morgan fingerprint density at radius 2 is 1.92 bits per heavy atom. The van der Waals surface area contributed by atoms with Crippen LogP contribution in [-0.2, 0) is 0 Å². The zero-order chi connectivity index (χ0) is 17.4. The fourth-order valence-corrected chi connectivity index (χ4v) is 4.03. The molecule has 3 aliphatic rings. The van der Waals surface area contributed by atoms with Crippen LogP contribution in [0.3, 0.4) is 0 Å². The van der Waals surface area contributed by atoms with E-state index in [1.54, 1.807) is 7.11 Å². The van der Waals surface area contributed by atoms with Gasteiger partial charge < -0.3 is 19.9 Å². The molecule has 0 aromatic heterocycles. The van der Waals surface area contributed by atoms with Crippen LogP contribution in [0.5, 0.6) is 5.75 Å². The zero-order valence-electron chi connectivity index (χ0n) is 14.7. The number of nitrogens with one attached hydrogen (secondary N) is 1. The molecule has 1 aromatic carbocycles. The number of ether oxygens (including phenoxy) is 1. The van der Waals surface area contributed by atoms with Crippen LogP contribution in [0.25, 0.3) is 0 Å². The number of nitrogens with zero attached hydrogens (tertiary/aromatic N) is 3. The van der Waals surface area contributed by atoms with E-state index in [9.17, 15) is 4.79 Å². The van der Waals surface area contributed by atoms with Crippen LogP contribution in [-0.4, -0.2) is 61.0 Å². The third-order valence-electron chi connectivity index (χ3n) is 5.32. The topological polar surface area (TPSA) is 57.2 Å². The normalized spacial score (nSPS) is 27.8. The molecule has 1 aromatic rings. The predicted octanol–water partition coefficient (Wildman–Crippen LogP) is 1.56. The van der Waals surface area contributed by atoms with Crippen LogP contribution in [0, 0.1) is 11.8 Å².